The molecule has 0 radical (unpaired) electrons. The van der Waals surface area contributed by atoms with Crippen molar-refractivity contribution >= 4 is 5.97 Å². The number of carbonyl (C=O) groups is 1. The summed E-state index contributed by atoms with van der Waals surface area (Å²) in [5, 5.41) is 0. The lowest BCUT2D eigenvalue weighted by atomic mass is 9.97. The van der Waals surface area contributed by atoms with Crippen LogP contribution in [-0.4, -0.2) is 32.1 Å². The number of methoxy groups -OCH3 is 1. The van der Waals surface area contributed by atoms with Crippen LogP contribution < -0.4 is 0 Å². The van der Waals surface area contributed by atoms with Gasteiger partial charge in [-0.3, -0.25) is 0 Å². The molecule has 3 atom stereocenters. The fourth-order valence-corrected chi connectivity index (χ4v) is 2.38. The van der Waals surface area contributed by atoms with Gasteiger partial charge in [-0.25, -0.2) is 4.79 Å². The van der Waals surface area contributed by atoms with Gasteiger partial charge in [-0.2, -0.15) is 0 Å². The lowest BCUT2D eigenvalue weighted by Gasteiger charge is -2.27. The minimum atomic E-state index is -0.486. The van der Waals surface area contributed by atoms with Gasteiger partial charge in [0.15, 0.2) is 12.4 Å². The highest BCUT2D eigenvalue weighted by Gasteiger charge is 2.27. The van der Waals surface area contributed by atoms with Gasteiger partial charge >= 0.3 is 5.97 Å². The molecule has 1 unspecified atom stereocenters. The van der Waals surface area contributed by atoms with E-state index in [4.69, 9.17) is 14.2 Å². The van der Waals surface area contributed by atoms with Crippen molar-refractivity contribution in [2.75, 3.05) is 13.7 Å². The SMILES string of the molecule is CCCC[C@H](C)C[C@@H](OC1CCCCO1)C(=O)OC. The third-order valence-corrected chi connectivity index (χ3v) is 3.58. The smallest absolute Gasteiger partial charge is 0.335 e. The quantitative estimate of drug-likeness (QED) is 0.636. The predicted octanol–water partition coefficient (Wildman–Crippen LogP) is 3.29. The van der Waals surface area contributed by atoms with Gasteiger partial charge in [-0.15, -0.1) is 0 Å². The lowest BCUT2D eigenvalue weighted by molar-refractivity contribution is -0.204. The number of ether oxygens (including phenoxy) is 3. The topological polar surface area (TPSA) is 44.8 Å². The fraction of sp³-hybridized carbons (Fsp3) is 0.933. The van der Waals surface area contributed by atoms with Gasteiger partial charge < -0.3 is 14.2 Å². The zero-order chi connectivity index (χ0) is 14.1. The zero-order valence-electron chi connectivity index (χ0n) is 12.5. The normalized spacial score (nSPS) is 22.8. The molecule has 19 heavy (non-hydrogen) atoms. The fourth-order valence-electron chi connectivity index (χ4n) is 2.38. The summed E-state index contributed by atoms with van der Waals surface area (Å²) < 4.78 is 16.2. The molecule has 0 bridgehead atoms. The van der Waals surface area contributed by atoms with Crippen molar-refractivity contribution in [3.63, 3.8) is 0 Å². The number of unbranched alkanes of at least 4 members (excludes halogenated alkanes) is 1. The third kappa shape index (κ3) is 6.39. The Bertz CT molecular complexity index is 249. The average Bonchev–Trinajstić information content (AvgIpc) is 2.44. The second-order valence-corrected chi connectivity index (χ2v) is 5.43. The summed E-state index contributed by atoms with van der Waals surface area (Å²) in [5.41, 5.74) is 0. The van der Waals surface area contributed by atoms with Gasteiger partial charge in [0.2, 0.25) is 0 Å². The molecule has 4 heteroatoms. The van der Waals surface area contributed by atoms with Crippen molar-refractivity contribution in [1.29, 1.82) is 0 Å². The van der Waals surface area contributed by atoms with Crippen molar-refractivity contribution in [2.24, 2.45) is 5.92 Å². The molecule has 112 valence electrons. The largest absolute Gasteiger partial charge is 0.467 e. The van der Waals surface area contributed by atoms with Crippen LogP contribution in [-0.2, 0) is 19.0 Å². The van der Waals surface area contributed by atoms with E-state index in [1.165, 1.54) is 20.0 Å². The van der Waals surface area contributed by atoms with E-state index in [0.717, 1.165) is 32.3 Å². The van der Waals surface area contributed by atoms with E-state index in [1.807, 2.05) is 0 Å². The minimum absolute atomic E-state index is 0.240. The Morgan fingerprint density at radius 2 is 2.21 bits per heavy atom. The Hall–Kier alpha value is -0.610. The molecule has 0 N–H and O–H groups in total. The molecule has 0 aromatic carbocycles. The Morgan fingerprint density at radius 1 is 1.42 bits per heavy atom. The van der Waals surface area contributed by atoms with Gasteiger partial charge in [-0.1, -0.05) is 33.1 Å². The van der Waals surface area contributed by atoms with Crippen LogP contribution in [0, 0.1) is 5.92 Å². The van der Waals surface area contributed by atoms with Crippen LogP contribution >= 0.6 is 0 Å². The summed E-state index contributed by atoms with van der Waals surface area (Å²) in [6.45, 7) is 5.07. The van der Waals surface area contributed by atoms with Crippen LogP contribution in [0.25, 0.3) is 0 Å². The molecule has 1 aliphatic heterocycles. The van der Waals surface area contributed by atoms with E-state index in [1.54, 1.807) is 0 Å². The van der Waals surface area contributed by atoms with E-state index < -0.39 is 6.10 Å². The summed E-state index contributed by atoms with van der Waals surface area (Å²) in [7, 11) is 1.41. The van der Waals surface area contributed by atoms with Crippen LogP contribution in [0.3, 0.4) is 0 Å². The predicted molar refractivity (Wildman–Crippen MR) is 73.8 cm³/mol. The number of rotatable bonds is 8. The van der Waals surface area contributed by atoms with Crippen LogP contribution in [0.2, 0.25) is 0 Å². The van der Waals surface area contributed by atoms with Gasteiger partial charge in [-0.05, 0) is 31.6 Å². The average molecular weight is 272 g/mol. The maximum Gasteiger partial charge on any atom is 0.335 e. The number of carbonyl (C=O) groups excluding carboxylic acids is 1. The summed E-state index contributed by atoms with van der Waals surface area (Å²) >= 11 is 0. The zero-order valence-corrected chi connectivity index (χ0v) is 12.5. The molecule has 0 saturated carbocycles. The Labute approximate surface area is 116 Å². The highest BCUT2D eigenvalue weighted by molar-refractivity contribution is 5.74. The van der Waals surface area contributed by atoms with E-state index in [2.05, 4.69) is 13.8 Å². The minimum Gasteiger partial charge on any atom is -0.467 e. The molecule has 1 rings (SSSR count). The van der Waals surface area contributed by atoms with E-state index >= 15 is 0 Å². The van der Waals surface area contributed by atoms with E-state index in [-0.39, 0.29) is 12.3 Å². The summed E-state index contributed by atoms with van der Waals surface area (Å²) in [6, 6.07) is 0. The van der Waals surface area contributed by atoms with E-state index in [9.17, 15) is 4.79 Å². The van der Waals surface area contributed by atoms with Crippen LogP contribution in [0.15, 0.2) is 0 Å². The highest BCUT2D eigenvalue weighted by atomic mass is 16.7. The Balaban J connectivity index is 2.43. The first kappa shape index (κ1) is 16.4. The maximum atomic E-state index is 11.8. The first-order chi connectivity index (χ1) is 9.17. The maximum absolute atomic E-state index is 11.8. The molecule has 1 saturated heterocycles. The van der Waals surface area contributed by atoms with Crippen LogP contribution in [0.1, 0.15) is 58.8 Å². The molecule has 0 spiro atoms. The van der Waals surface area contributed by atoms with Crippen molar-refractivity contribution in [2.45, 2.75) is 71.2 Å². The number of hydrogen-bond acceptors (Lipinski definition) is 4. The first-order valence-electron chi connectivity index (χ1n) is 7.52. The van der Waals surface area contributed by atoms with Gasteiger partial charge in [0.05, 0.1) is 7.11 Å². The van der Waals surface area contributed by atoms with Crippen molar-refractivity contribution < 1.29 is 19.0 Å². The molecule has 0 amide bonds. The second-order valence-electron chi connectivity index (χ2n) is 5.43. The third-order valence-electron chi connectivity index (χ3n) is 3.58. The van der Waals surface area contributed by atoms with Gasteiger partial charge in [0, 0.05) is 6.61 Å². The van der Waals surface area contributed by atoms with Gasteiger partial charge in [0.25, 0.3) is 0 Å². The van der Waals surface area contributed by atoms with Crippen molar-refractivity contribution in [3.8, 4) is 0 Å². The van der Waals surface area contributed by atoms with Crippen molar-refractivity contribution in [1.82, 2.24) is 0 Å². The summed E-state index contributed by atoms with van der Waals surface area (Å²) in [5.74, 6) is 0.185. The Morgan fingerprint density at radius 3 is 2.79 bits per heavy atom. The summed E-state index contributed by atoms with van der Waals surface area (Å²) in [4.78, 5) is 11.8. The van der Waals surface area contributed by atoms with E-state index in [0.29, 0.717) is 12.3 Å². The molecule has 4 nitrogen and oxygen atoms in total. The number of hydrogen-bond donors (Lipinski definition) is 0. The molecular weight excluding hydrogens is 244 g/mol. The molecule has 1 aliphatic rings. The molecule has 0 aromatic rings. The van der Waals surface area contributed by atoms with Crippen LogP contribution in [0.4, 0.5) is 0 Å². The molecule has 0 aliphatic carbocycles. The monoisotopic (exact) mass is 272 g/mol. The van der Waals surface area contributed by atoms with Gasteiger partial charge in [0.1, 0.15) is 0 Å². The second kappa shape index (κ2) is 9.32. The lowest BCUT2D eigenvalue weighted by Crippen LogP contribution is -2.34. The number of esters is 1. The highest BCUT2D eigenvalue weighted by Crippen LogP contribution is 2.21. The molecule has 1 heterocycles. The molecular formula is C15H28O4. The van der Waals surface area contributed by atoms with Crippen LogP contribution in [0.5, 0.6) is 0 Å². The molecule has 1 fully saturated rings. The van der Waals surface area contributed by atoms with Crippen molar-refractivity contribution in [3.05, 3.63) is 0 Å². The standard InChI is InChI=1S/C15H28O4/c1-4-5-8-12(2)11-13(15(16)17-3)19-14-9-6-7-10-18-14/h12-14H,4-11H2,1-3H3/t12-,13+,14?/m0/s1. The summed E-state index contributed by atoms with van der Waals surface area (Å²) in [6.07, 6.45) is 6.53. The Kier molecular flexibility index (Phi) is 8.07. The first-order valence-corrected chi connectivity index (χ1v) is 7.52. The molecule has 0 aromatic heterocycles.